The highest BCUT2D eigenvalue weighted by Crippen LogP contribution is 2.39. The molecule has 0 saturated heterocycles. The highest BCUT2D eigenvalue weighted by molar-refractivity contribution is 8.07. The molecular weight excluding hydrogens is 479 g/mol. The summed E-state index contributed by atoms with van der Waals surface area (Å²) in [5.41, 5.74) is -5.84. The Morgan fingerprint density at radius 3 is 2.12 bits per heavy atom. The molecule has 2 fully saturated rings. The minimum atomic E-state index is -5.34. The molecule has 0 heterocycles. The van der Waals surface area contributed by atoms with Crippen LogP contribution >= 0.6 is 0 Å². The molecule has 0 radical (unpaired) electrons. The second-order valence-electron chi connectivity index (χ2n) is 7.85. The maximum Gasteiger partial charge on any atom is 0.453 e. The third-order valence-corrected chi connectivity index (χ3v) is 7.90. The molecule has 3 unspecified atom stereocenters. The van der Waals surface area contributed by atoms with Crippen LogP contribution < -0.4 is 0 Å². The molecule has 2 rings (SSSR count). The Bertz CT molecular complexity index is 797. The van der Waals surface area contributed by atoms with Crippen LogP contribution in [0.15, 0.2) is 0 Å². The zero-order chi connectivity index (χ0) is 24.0. The van der Waals surface area contributed by atoms with Crippen molar-refractivity contribution in [3.8, 4) is 0 Å². The summed E-state index contributed by atoms with van der Waals surface area (Å²) in [6.45, 7) is 0.548. The van der Waals surface area contributed by atoms with Gasteiger partial charge in [0.15, 0.2) is 10.3 Å². The molecular formula is C18H27F3NO8S2-. The average molecular weight is 507 g/mol. The van der Waals surface area contributed by atoms with Crippen LogP contribution in [-0.2, 0) is 44.5 Å². The van der Waals surface area contributed by atoms with Gasteiger partial charge in [0.25, 0.3) is 0 Å². The summed E-state index contributed by atoms with van der Waals surface area (Å²) in [5, 5.41) is 0. The summed E-state index contributed by atoms with van der Waals surface area (Å²) in [4.78, 5) is 25.3. The lowest BCUT2D eigenvalue weighted by molar-refractivity contribution is -0.174. The molecule has 2 aliphatic rings. The average Bonchev–Trinajstić information content (AvgIpc) is 3.19. The zero-order valence-corrected chi connectivity index (χ0v) is 19.2. The first-order valence-corrected chi connectivity index (χ1v) is 12.9. The first-order chi connectivity index (χ1) is 14.9. The number of hydrogen-bond acceptors (Lipinski definition) is 8. The quantitative estimate of drug-likeness (QED) is 0.326. The Hall–Kier alpha value is -1.25. The standard InChI is InChI=1S/C18H27F3NO8S2/c1-2-17(9-5-6-10-17)30-16(24)14-8-4-3-7-13(14)15(23)28-11-12-29-32(26,27)22-31(25)18(19,20)21/h13-14H,2-12H2,1H3/q-1. The second kappa shape index (κ2) is 11.3. The Kier molecular flexibility index (Phi) is 9.49. The number of halogens is 3. The summed E-state index contributed by atoms with van der Waals surface area (Å²) in [6, 6.07) is 0. The first kappa shape index (κ1) is 27.0. The van der Waals surface area contributed by atoms with Crippen molar-refractivity contribution < 1.29 is 49.0 Å². The fourth-order valence-electron chi connectivity index (χ4n) is 4.07. The molecule has 2 aliphatic carbocycles. The second-order valence-corrected chi connectivity index (χ2v) is 10.5. The van der Waals surface area contributed by atoms with E-state index in [2.05, 4.69) is 8.31 Å². The normalized spacial score (nSPS) is 24.6. The van der Waals surface area contributed by atoms with Gasteiger partial charge in [0.2, 0.25) is 0 Å². The first-order valence-electron chi connectivity index (χ1n) is 10.4. The Morgan fingerprint density at radius 2 is 1.59 bits per heavy atom. The van der Waals surface area contributed by atoms with Gasteiger partial charge in [-0.25, -0.2) is 8.42 Å². The van der Waals surface area contributed by atoms with Crippen molar-refractivity contribution in [2.45, 2.75) is 75.8 Å². The molecule has 0 aliphatic heterocycles. The monoisotopic (exact) mass is 506 g/mol. The van der Waals surface area contributed by atoms with E-state index < -0.39 is 69.4 Å². The van der Waals surface area contributed by atoms with E-state index in [9.17, 15) is 35.4 Å². The highest BCUT2D eigenvalue weighted by atomic mass is 32.3. The largest absolute Gasteiger partial charge is 0.463 e. The van der Waals surface area contributed by atoms with Crippen molar-refractivity contribution >= 4 is 33.2 Å². The van der Waals surface area contributed by atoms with Crippen LogP contribution in [0.4, 0.5) is 13.2 Å². The fourth-order valence-corrected chi connectivity index (χ4v) is 5.52. The number of carbonyl (C=O) groups is 2. The summed E-state index contributed by atoms with van der Waals surface area (Å²) in [5.74, 6) is -2.61. The molecule has 0 aromatic rings. The lowest BCUT2D eigenvalue weighted by atomic mass is 9.79. The van der Waals surface area contributed by atoms with Crippen LogP contribution in [-0.4, -0.2) is 48.9 Å². The van der Waals surface area contributed by atoms with Crippen LogP contribution in [0.25, 0.3) is 4.13 Å². The van der Waals surface area contributed by atoms with E-state index in [0.29, 0.717) is 25.7 Å². The molecule has 32 heavy (non-hydrogen) atoms. The van der Waals surface area contributed by atoms with Gasteiger partial charge in [0, 0.05) is 11.0 Å². The van der Waals surface area contributed by atoms with E-state index in [0.717, 1.165) is 32.1 Å². The van der Waals surface area contributed by atoms with Crippen LogP contribution in [0.1, 0.15) is 64.7 Å². The highest BCUT2D eigenvalue weighted by Gasteiger charge is 2.42. The number of hydrogen-bond donors (Lipinski definition) is 0. The SMILES string of the molecule is CCC1(OC(=O)C2CCCCC2C(=O)OCCOS(=O)(=O)[N-]S(=O)C(F)(F)F)CCCC1. The van der Waals surface area contributed by atoms with Crippen LogP contribution in [0, 0.1) is 11.8 Å². The van der Waals surface area contributed by atoms with Gasteiger partial charge < -0.3 is 13.6 Å². The van der Waals surface area contributed by atoms with E-state index in [1.807, 2.05) is 6.92 Å². The molecule has 0 N–H and O–H groups in total. The number of rotatable bonds is 10. The third-order valence-electron chi connectivity index (χ3n) is 5.76. The summed E-state index contributed by atoms with van der Waals surface area (Å²) < 4.78 is 86.8. The van der Waals surface area contributed by atoms with Crippen LogP contribution in [0.5, 0.6) is 0 Å². The Labute approximate surface area is 187 Å². The van der Waals surface area contributed by atoms with Crippen molar-refractivity contribution in [2.75, 3.05) is 13.2 Å². The van der Waals surface area contributed by atoms with Gasteiger partial charge in [-0.3, -0.25) is 18.0 Å². The van der Waals surface area contributed by atoms with E-state index in [-0.39, 0.29) is 0 Å². The van der Waals surface area contributed by atoms with E-state index in [4.69, 9.17) is 9.47 Å². The van der Waals surface area contributed by atoms with Crippen molar-refractivity contribution in [3.63, 3.8) is 0 Å². The molecule has 0 aromatic carbocycles. The zero-order valence-electron chi connectivity index (χ0n) is 17.6. The van der Waals surface area contributed by atoms with Gasteiger partial charge in [-0.2, -0.15) is 13.2 Å². The fraction of sp³-hybridized carbons (Fsp3) is 0.889. The molecule has 186 valence electrons. The number of nitrogens with zero attached hydrogens (tertiary/aromatic N) is 1. The van der Waals surface area contributed by atoms with Gasteiger partial charge in [0.05, 0.1) is 18.4 Å². The molecule has 14 heteroatoms. The molecule has 0 spiro atoms. The Balaban J connectivity index is 1.85. The summed E-state index contributed by atoms with van der Waals surface area (Å²) >= 11 is 0. The maximum atomic E-state index is 12.8. The van der Waals surface area contributed by atoms with Crippen molar-refractivity contribution in [2.24, 2.45) is 11.8 Å². The third kappa shape index (κ3) is 7.66. The molecule has 0 amide bonds. The van der Waals surface area contributed by atoms with Crippen molar-refractivity contribution in [1.82, 2.24) is 0 Å². The predicted octanol–water partition coefficient (Wildman–Crippen LogP) is 3.42. The van der Waals surface area contributed by atoms with Gasteiger partial charge >= 0.3 is 17.4 Å². The van der Waals surface area contributed by atoms with E-state index in [1.165, 1.54) is 0 Å². The van der Waals surface area contributed by atoms with Gasteiger partial charge in [-0.05, 0) is 44.9 Å². The van der Waals surface area contributed by atoms with Crippen molar-refractivity contribution in [1.29, 1.82) is 0 Å². The number of carbonyl (C=O) groups excluding carboxylic acids is 2. The van der Waals surface area contributed by atoms with Gasteiger partial charge in [-0.1, -0.05) is 19.8 Å². The van der Waals surface area contributed by atoms with Gasteiger partial charge in [-0.15, -0.1) is 0 Å². The molecule has 3 atom stereocenters. The van der Waals surface area contributed by atoms with Crippen molar-refractivity contribution in [3.05, 3.63) is 4.13 Å². The predicted molar refractivity (Wildman–Crippen MR) is 106 cm³/mol. The number of esters is 2. The molecule has 0 bridgehead atoms. The lowest BCUT2D eigenvalue weighted by Crippen LogP contribution is -2.40. The Morgan fingerprint density at radius 1 is 1.03 bits per heavy atom. The van der Waals surface area contributed by atoms with E-state index >= 15 is 0 Å². The topological polar surface area (TPSA) is 127 Å². The summed E-state index contributed by atoms with van der Waals surface area (Å²) in [7, 11) is -9.08. The maximum absolute atomic E-state index is 12.8. The molecule has 2 saturated carbocycles. The van der Waals surface area contributed by atoms with Crippen LogP contribution in [0.2, 0.25) is 0 Å². The minimum absolute atomic E-state index is 0.400. The number of alkyl halides is 3. The summed E-state index contributed by atoms with van der Waals surface area (Å²) in [6.07, 6.45) is 6.53. The van der Waals surface area contributed by atoms with E-state index in [1.54, 1.807) is 0 Å². The molecule has 0 aromatic heterocycles. The smallest absolute Gasteiger partial charge is 0.453 e. The molecule has 9 nitrogen and oxygen atoms in total. The lowest BCUT2D eigenvalue weighted by Gasteiger charge is -2.33. The van der Waals surface area contributed by atoms with Crippen LogP contribution in [0.3, 0.4) is 0 Å². The minimum Gasteiger partial charge on any atom is -0.463 e. The van der Waals surface area contributed by atoms with Gasteiger partial charge in [0.1, 0.15) is 12.2 Å². The number of ether oxygens (including phenoxy) is 2.